The zero-order valence-corrected chi connectivity index (χ0v) is 22.5. The van der Waals surface area contributed by atoms with Crippen molar-refractivity contribution in [2.75, 3.05) is 0 Å². The summed E-state index contributed by atoms with van der Waals surface area (Å²) in [5, 5.41) is 3.44. The third kappa shape index (κ3) is 4.33. The van der Waals surface area contributed by atoms with Crippen molar-refractivity contribution in [3.8, 4) is 0 Å². The van der Waals surface area contributed by atoms with Gasteiger partial charge in [-0.3, -0.25) is 0 Å². The summed E-state index contributed by atoms with van der Waals surface area (Å²) in [5.41, 5.74) is 5.10. The summed E-state index contributed by atoms with van der Waals surface area (Å²) >= 11 is 0. The van der Waals surface area contributed by atoms with Crippen molar-refractivity contribution in [2.24, 2.45) is 11.3 Å². The summed E-state index contributed by atoms with van der Waals surface area (Å²) in [7, 11) is -2.83. The molecule has 0 saturated heterocycles. The molecule has 2 aromatic rings. The van der Waals surface area contributed by atoms with E-state index in [1.165, 1.54) is 55.8 Å². The zero-order chi connectivity index (χ0) is 22.3. The molecule has 0 aromatic heterocycles. The molecule has 0 amide bonds. The Labute approximate surface area is 222 Å². The fourth-order valence-corrected chi connectivity index (χ4v) is 10.5. The predicted octanol–water partition coefficient (Wildman–Crippen LogP) is 8.09. The summed E-state index contributed by atoms with van der Waals surface area (Å²) in [6.07, 6.45) is 20.0. The van der Waals surface area contributed by atoms with Gasteiger partial charge in [-0.15, -0.1) is 0 Å². The number of hydrogen-bond acceptors (Lipinski definition) is 1. The van der Waals surface area contributed by atoms with E-state index in [-0.39, 0.29) is 29.6 Å². The van der Waals surface area contributed by atoms with E-state index in [2.05, 4.69) is 48.5 Å². The van der Waals surface area contributed by atoms with Gasteiger partial charge in [0.2, 0.25) is 0 Å². The van der Waals surface area contributed by atoms with Crippen LogP contribution in [-0.4, -0.2) is 0 Å². The molecule has 0 aliphatic heterocycles. The molecular formula is C32H35CoOP-. The van der Waals surface area contributed by atoms with Crippen molar-refractivity contribution in [3.63, 3.8) is 0 Å². The van der Waals surface area contributed by atoms with Crippen molar-refractivity contribution in [1.29, 1.82) is 0 Å². The van der Waals surface area contributed by atoms with Gasteiger partial charge in [0.1, 0.15) is 0 Å². The Kier molecular flexibility index (Phi) is 7.96. The summed E-state index contributed by atoms with van der Waals surface area (Å²) in [5.74, 6) is 0.667. The minimum absolute atomic E-state index is 0. The Morgan fingerprint density at radius 3 is 1.80 bits per heavy atom. The van der Waals surface area contributed by atoms with Crippen LogP contribution in [0.5, 0.6) is 0 Å². The molecule has 0 N–H and O–H groups in total. The molecule has 7 rings (SSSR count). The number of allylic oxidation sites excluding steroid dienone is 8. The van der Waals surface area contributed by atoms with Crippen molar-refractivity contribution >= 4 is 17.8 Å². The Morgan fingerprint density at radius 1 is 0.714 bits per heavy atom. The van der Waals surface area contributed by atoms with E-state index >= 15 is 4.57 Å². The normalized spacial score (nSPS) is 22.7. The van der Waals surface area contributed by atoms with Gasteiger partial charge in [0.25, 0.3) is 0 Å². The van der Waals surface area contributed by atoms with E-state index in [0.29, 0.717) is 5.92 Å². The van der Waals surface area contributed by atoms with E-state index in [9.17, 15) is 0 Å². The van der Waals surface area contributed by atoms with Gasteiger partial charge in [-0.25, -0.2) is 0 Å². The summed E-state index contributed by atoms with van der Waals surface area (Å²) < 4.78 is 15.3. The summed E-state index contributed by atoms with van der Waals surface area (Å²) in [4.78, 5) is 0. The predicted molar refractivity (Wildman–Crippen MR) is 146 cm³/mol. The monoisotopic (exact) mass is 525 g/mol. The van der Waals surface area contributed by atoms with Crippen molar-refractivity contribution in [2.45, 2.75) is 51.4 Å². The fraction of sp³-hybridized carbons (Fsp3) is 0.312. The zero-order valence-electron chi connectivity index (χ0n) is 20.6. The first kappa shape index (κ1) is 26.2. The molecule has 3 heteroatoms. The second-order valence-electron chi connectivity index (χ2n) is 10.0. The summed E-state index contributed by atoms with van der Waals surface area (Å²) in [6.45, 7) is 0. The molecule has 5 aliphatic rings. The van der Waals surface area contributed by atoms with Crippen molar-refractivity contribution in [1.82, 2.24) is 0 Å². The smallest absolute Gasteiger partial charge is 0.168 e. The molecule has 3 saturated carbocycles. The third-order valence-corrected chi connectivity index (χ3v) is 11.7. The van der Waals surface area contributed by atoms with Gasteiger partial charge in [-0.05, 0) is 68.4 Å². The van der Waals surface area contributed by atoms with Crippen LogP contribution in [0.2, 0.25) is 0 Å². The van der Waals surface area contributed by atoms with Crippen molar-refractivity contribution in [3.05, 3.63) is 121 Å². The Hall–Kier alpha value is -1.86. The van der Waals surface area contributed by atoms with Gasteiger partial charge in [-0.1, -0.05) is 90.5 Å². The van der Waals surface area contributed by atoms with Crippen LogP contribution in [0.4, 0.5) is 0 Å². The number of fused-ring (bicyclic) bond motifs is 3. The second kappa shape index (κ2) is 10.6. The average molecular weight is 526 g/mol. The number of benzene rings is 2. The minimum Gasteiger partial charge on any atom is -0.358 e. The van der Waals surface area contributed by atoms with E-state index in [1.54, 1.807) is 11.1 Å². The van der Waals surface area contributed by atoms with Gasteiger partial charge in [0.15, 0.2) is 7.14 Å². The van der Waals surface area contributed by atoms with Crippen LogP contribution in [0, 0.1) is 25.2 Å². The van der Waals surface area contributed by atoms with Crippen LogP contribution >= 0.6 is 7.14 Å². The van der Waals surface area contributed by atoms with Crippen LogP contribution in [0.15, 0.2) is 107 Å². The third-order valence-electron chi connectivity index (χ3n) is 8.29. The first-order valence-electron chi connectivity index (χ1n) is 12.6. The molecule has 184 valence electrons. The molecule has 3 fully saturated rings. The molecule has 1 spiro atoms. The van der Waals surface area contributed by atoms with Crippen LogP contribution in [-0.2, 0) is 21.3 Å². The largest absolute Gasteiger partial charge is 0.358 e. The van der Waals surface area contributed by atoms with Gasteiger partial charge in [-0.2, -0.15) is 0 Å². The van der Waals surface area contributed by atoms with Crippen LogP contribution < -0.4 is 10.6 Å². The maximum absolute atomic E-state index is 15.3. The molecule has 0 heterocycles. The molecular weight excluding hydrogens is 490 g/mol. The van der Waals surface area contributed by atoms with Crippen LogP contribution in [0.3, 0.4) is 0 Å². The minimum atomic E-state index is -2.83. The maximum atomic E-state index is 15.3. The molecule has 35 heavy (non-hydrogen) atoms. The molecule has 1 atom stereocenters. The van der Waals surface area contributed by atoms with Crippen LogP contribution in [0.1, 0.15) is 51.4 Å². The Balaban J connectivity index is 0.000000371. The van der Waals surface area contributed by atoms with Crippen LogP contribution in [0.25, 0.3) is 0 Å². The Bertz CT molecular complexity index is 1160. The van der Waals surface area contributed by atoms with E-state index in [1.807, 2.05) is 42.9 Å². The molecule has 2 aromatic carbocycles. The van der Waals surface area contributed by atoms with E-state index in [0.717, 1.165) is 17.0 Å². The van der Waals surface area contributed by atoms with E-state index in [4.69, 9.17) is 0 Å². The van der Waals surface area contributed by atoms with Gasteiger partial charge < -0.3 is 12.0 Å². The second-order valence-corrected chi connectivity index (χ2v) is 12.7. The van der Waals surface area contributed by atoms with Gasteiger partial charge >= 0.3 is 0 Å². The van der Waals surface area contributed by atoms with Crippen molar-refractivity contribution < 1.29 is 21.3 Å². The van der Waals surface area contributed by atoms with Gasteiger partial charge in [0.05, 0.1) is 0 Å². The molecule has 1 nitrogen and oxygen atoms in total. The first-order chi connectivity index (χ1) is 16.2. The first-order valence-corrected chi connectivity index (χ1v) is 14.3. The average Bonchev–Trinajstić information content (AvgIpc) is 3.36. The quantitative estimate of drug-likeness (QED) is 0.292. The standard InChI is InChI=1S/C26H27OP.C5H5.CH3.Co/c27-28(19-9-3-1-4-10-19,20-11-5-2-6-12-20)25-23-15-7-13-21(23)22-14-8-16-24(22)26(25)17-18-26;1-2-4-5-3-1;;/h1-6,9-12,24H,7-8,13-18H2;1-5H;1H3;/q;;-1;. The number of hydrogen-bond donors (Lipinski definition) is 0. The topological polar surface area (TPSA) is 17.1 Å². The fourth-order valence-electron chi connectivity index (χ4n) is 6.87. The molecule has 0 bridgehead atoms. The van der Waals surface area contributed by atoms with Gasteiger partial charge in [0, 0.05) is 44.5 Å². The molecule has 2 radical (unpaired) electrons. The number of rotatable bonds is 3. The Morgan fingerprint density at radius 2 is 1.29 bits per heavy atom. The van der Waals surface area contributed by atoms with E-state index < -0.39 is 7.14 Å². The molecule has 5 aliphatic carbocycles. The SMILES string of the molecule is O=P(C1=C2CCCC2=C2CCCC2C12CC2)(c1ccccc1)c1ccccc1.[CH3-].[CH]1C=CC=C1.[Co]. The molecule has 1 unspecified atom stereocenters. The maximum Gasteiger partial charge on any atom is 0.168 e. The summed E-state index contributed by atoms with van der Waals surface area (Å²) in [6, 6.07) is 20.8.